The average Bonchev–Trinajstić information content (AvgIpc) is 2.21. The summed E-state index contributed by atoms with van der Waals surface area (Å²) in [4.78, 5) is 3.94. The van der Waals surface area contributed by atoms with E-state index in [9.17, 15) is 0 Å². The van der Waals surface area contributed by atoms with E-state index in [2.05, 4.69) is 15.5 Å². The maximum atomic E-state index is 4.15. The molecule has 2 heterocycles. The zero-order chi connectivity index (χ0) is 8.23. The Kier molecular flexibility index (Phi) is 1.86. The average molecular weight is 159 g/mol. The molecule has 0 atom stereocenters. The molecule has 1 aliphatic rings. The molecule has 0 saturated carbocycles. The fourth-order valence-corrected chi connectivity index (χ4v) is 1.07. The number of allylic oxidation sites excluding steroid dienone is 1. The first-order chi connectivity index (χ1) is 5.97. The Hall–Kier alpha value is -1.64. The summed E-state index contributed by atoms with van der Waals surface area (Å²) in [5.74, 6) is 0. The van der Waals surface area contributed by atoms with Gasteiger partial charge in [-0.1, -0.05) is 6.08 Å². The van der Waals surface area contributed by atoms with Gasteiger partial charge in [0.25, 0.3) is 0 Å². The van der Waals surface area contributed by atoms with Gasteiger partial charge in [-0.05, 0) is 18.2 Å². The Morgan fingerprint density at radius 2 is 2.08 bits per heavy atom. The lowest BCUT2D eigenvalue weighted by Gasteiger charge is -2.06. The van der Waals surface area contributed by atoms with Gasteiger partial charge in [0.2, 0.25) is 0 Å². The van der Waals surface area contributed by atoms with Crippen LogP contribution >= 0.6 is 0 Å². The van der Waals surface area contributed by atoms with Crippen LogP contribution in [0.25, 0.3) is 0 Å². The third-order valence-corrected chi connectivity index (χ3v) is 1.66. The first kappa shape index (κ1) is 7.03. The van der Waals surface area contributed by atoms with E-state index in [1.54, 1.807) is 12.4 Å². The van der Waals surface area contributed by atoms with Crippen LogP contribution in [-0.2, 0) is 0 Å². The molecular formula is C9H9N3. The molecular weight excluding hydrogens is 150 g/mol. The largest absolute Gasteiger partial charge is 0.306 e. The lowest BCUT2D eigenvalue weighted by Crippen LogP contribution is -2.14. The molecule has 60 valence electrons. The molecule has 0 amide bonds. The monoisotopic (exact) mass is 159 g/mol. The summed E-state index contributed by atoms with van der Waals surface area (Å²) < 4.78 is 0. The zero-order valence-electron chi connectivity index (χ0n) is 6.57. The quantitative estimate of drug-likeness (QED) is 0.662. The van der Waals surface area contributed by atoms with Gasteiger partial charge in [0.15, 0.2) is 0 Å². The molecule has 3 nitrogen and oxygen atoms in total. The number of pyridine rings is 1. The maximum Gasteiger partial charge on any atom is 0.0900 e. The van der Waals surface area contributed by atoms with Crippen molar-refractivity contribution in [2.24, 2.45) is 5.10 Å². The van der Waals surface area contributed by atoms with Crippen LogP contribution in [0.5, 0.6) is 0 Å². The van der Waals surface area contributed by atoms with Crippen molar-refractivity contribution < 1.29 is 0 Å². The number of nitrogens with one attached hydrogen (secondary N) is 1. The van der Waals surface area contributed by atoms with Gasteiger partial charge in [-0.25, -0.2) is 0 Å². The second kappa shape index (κ2) is 3.17. The molecule has 0 aliphatic carbocycles. The molecule has 3 heteroatoms. The molecule has 0 radical (unpaired) electrons. The van der Waals surface area contributed by atoms with E-state index in [-0.39, 0.29) is 0 Å². The summed E-state index contributed by atoms with van der Waals surface area (Å²) in [5.41, 5.74) is 4.97. The van der Waals surface area contributed by atoms with Crippen LogP contribution in [0.3, 0.4) is 0 Å². The highest BCUT2D eigenvalue weighted by atomic mass is 15.3. The molecule has 0 aromatic carbocycles. The van der Waals surface area contributed by atoms with Crippen molar-refractivity contribution in [2.45, 2.75) is 0 Å². The van der Waals surface area contributed by atoms with Crippen LogP contribution in [0, 0.1) is 0 Å². The van der Waals surface area contributed by atoms with Gasteiger partial charge in [-0.15, -0.1) is 0 Å². The van der Waals surface area contributed by atoms with Crippen molar-refractivity contribution in [3.05, 3.63) is 42.2 Å². The normalized spacial score (nSPS) is 15.2. The highest BCUT2D eigenvalue weighted by molar-refractivity contribution is 6.08. The lowest BCUT2D eigenvalue weighted by molar-refractivity contribution is 0.817. The van der Waals surface area contributed by atoms with Crippen molar-refractivity contribution in [2.75, 3.05) is 6.54 Å². The topological polar surface area (TPSA) is 37.3 Å². The van der Waals surface area contributed by atoms with E-state index < -0.39 is 0 Å². The van der Waals surface area contributed by atoms with Crippen LogP contribution in [0.4, 0.5) is 0 Å². The summed E-state index contributed by atoms with van der Waals surface area (Å²) in [5, 5.41) is 4.15. The maximum absolute atomic E-state index is 4.15. The molecule has 1 aromatic heterocycles. The van der Waals surface area contributed by atoms with Crippen LogP contribution < -0.4 is 5.43 Å². The van der Waals surface area contributed by atoms with Gasteiger partial charge in [0.05, 0.1) is 12.3 Å². The number of hydrogen-bond donors (Lipinski definition) is 1. The Morgan fingerprint density at radius 1 is 1.25 bits per heavy atom. The standard InChI is InChI=1S/C9H9N3/c1-2-9(12-11-5-1)8-3-6-10-7-4-8/h1-4,6-7,11H,5H2. The second-order valence-corrected chi connectivity index (χ2v) is 2.50. The van der Waals surface area contributed by atoms with Crippen molar-refractivity contribution in [1.29, 1.82) is 0 Å². The lowest BCUT2D eigenvalue weighted by atomic mass is 10.1. The Balaban J connectivity index is 2.31. The molecule has 1 aliphatic heterocycles. The molecule has 12 heavy (non-hydrogen) atoms. The second-order valence-electron chi connectivity index (χ2n) is 2.50. The molecule has 0 bridgehead atoms. The minimum Gasteiger partial charge on any atom is -0.306 e. The molecule has 2 rings (SSSR count). The fraction of sp³-hybridized carbons (Fsp3) is 0.111. The Morgan fingerprint density at radius 3 is 2.75 bits per heavy atom. The smallest absolute Gasteiger partial charge is 0.0900 e. The van der Waals surface area contributed by atoms with Gasteiger partial charge >= 0.3 is 0 Å². The van der Waals surface area contributed by atoms with Gasteiger partial charge in [-0.2, -0.15) is 5.10 Å². The number of hydrazone groups is 1. The Bertz CT molecular complexity index is 314. The molecule has 1 N–H and O–H groups in total. The predicted octanol–water partition coefficient (Wildman–Crippen LogP) is 0.945. The molecule has 0 fully saturated rings. The third kappa shape index (κ3) is 1.34. The first-order valence-electron chi connectivity index (χ1n) is 3.84. The van der Waals surface area contributed by atoms with Crippen LogP contribution in [0.2, 0.25) is 0 Å². The van der Waals surface area contributed by atoms with Gasteiger partial charge in [0.1, 0.15) is 0 Å². The summed E-state index contributed by atoms with van der Waals surface area (Å²) in [7, 11) is 0. The van der Waals surface area contributed by atoms with Crippen molar-refractivity contribution in [3.8, 4) is 0 Å². The predicted molar refractivity (Wildman–Crippen MR) is 47.9 cm³/mol. The van der Waals surface area contributed by atoms with E-state index >= 15 is 0 Å². The number of aromatic nitrogens is 1. The number of nitrogens with zero attached hydrogens (tertiary/aromatic N) is 2. The van der Waals surface area contributed by atoms with E-state index in [1.165, 1.54) is 0 Å². The Labute approximate surface area is 70.8 Å². The molecule has 0 unspecified atom stereocenters. The summed E-state index contributed by atoms with van der Waals surface area (Å²) in [6, 6.07) is 3.88. The van der Waals surface area contributed by atoms with Gasteiger partial charge in [-0.3, -0.25) is 4.98 Å². The minimum atomic E-state index is 0.814. The van der Waals surface area contributed by atoms with Crippen molar-refractivity contribution >= 4 is 5.71 Å². The molecule has 0 spiro atoms. The van der Waals surface area contributed by atoms with Gasteiger partial charge < -0.3 is 5.43 Å². The molecule has 1 aromatic rings. The van der Waals surface area contributed by atoms with Crippen LogP contribution in [0.1, 0.15) is 5.56 Å². The van der Waals surface area contributed by atoms with E-state index in [4.69, 9.17) is 0 Å². The number of hydrogen-bond acceptors (Lipinski definition) is 3. The van der Waals surface area contributed by atoms with E-state index in [1.807, 2.05) is 24.3 Å². The highest BCUT2D eigenvalue weighted by Crippen LogP contribution is 2.01. The SMILES string of the molecule is C1=CC(c2ccncc2)=NNC1. The van der Waals surface area contributed by atoms with Gasteiger partial charge in [0, 0.05) is 18.0 Å². The van der Waals surface area contributed by atoms with E-state index in [0.717, 1.165) is 17.8 Å². The van der Waals surface area contributed by atoms with Crippen molar-refractivity contribution in [3.63, 3.8) is 0 Å². The first-order valence-corrected chi connectivity index (χ1v) is 3.84. The highest BCUT2D eigenvalue weighted by Gasteiger charge is 2.00. The fourth-order valence-electron chi connectivity index (χ4n) is 1.07. The molecule has 0 saturated heterocycles. The third-order valence-electron chi connectivity index (χ3n) is 1.66. The summed E-state index contributed by atoms with van der Waals surface area (Å²) >= 11 is 0. The zero-order valence-corrected chi connectivity index (χ0v) is 6.57. The van der Waals surface area contributed by atoms with Crippen molar-refractivity contribution in [1.82, 2.24) is 10.4 Å². The van der Waals surface area contributed by atoms with Crippen LogP contribution in [0.15, 0.2) is 41.8 Å². The minimum absolute atomic E-state index is 0.814. The van der Waals surface area contributed by atoms with E-state index in [0.29, 0.717) is 0 Å². The summed E-state index contributed by atoms with van der Waals surface area (Å²) in [6.45, 7) is 0.814. The van der Waals surface area contributed by atoms with Crippen LogP contribution in [-0.4, -0.2) is 17.2 Å². The summed E-state index contributed by atoms with van der Waals surface area (Å²) in [6.07, 6.45) is 7.58. The number of rotatable bonds is 1.